The molecule has 0 bridgehead atoms. The van der Waals surface area contributed by atoms with Crippen molar-refractivity contribution < 1.29 is 9.90 Å². The van der Waals surface area contributed by atoms with Gasteiger partial charge in [0.1, 0.15) is 11.4 Å². The van der Waals surface area contributed by atoms with Gasteiger partial charge in [0, 0.05) is 13.6 Å². The highest BCUT2D eigenvalue weighted by atomic mass is 32.2. The highest BCUT2D eigenvalue weighted by Crippen LogP contribution is 2.18. The predicted octanol–water partition coefficient (Wildman–Crippen LogP) is 1.59. The van der Waals surface area contributed by atoms with Crippen LogP contribution in [0.2, 0.25) is 0 Å². The van der Waals surface area contributed by atoms with Crippen LogP contribution in [0.25, 0.3) is 0 Å². The summed E-state index contributed by atoms with van der Waals surface area (Å²) in [4.78, 5) is 11.0. The van der Waals surface area contributed by atoms with Crippen molar-refractivity contribution in [1.29, 1.82) is 0 Å². The first-order chi connectivity index (χ1) is 7.57. The Hall–Kier alpha value is -1.17. The topological polar surface area (TPSA) is 67.2 Å². The summed E-state index contributed by atoms with van der Waals surface area (Å²) in [6.45, 7) is 2.47. The van der Waals surface area contributed by atoms with Crippen LogP contribution in [0.1, 0.15) is 22.5 Å². The molecule has 0 atom stereocenters. The summed E-state index contributed by atoms with van der Waals surface area (Å²) in [5.41, 5.74) is 0.814. The van der Waals surface area contributed by atoms with Crippen LogP contribution < -0.4 is 5.32 Å². The van der Waals surface area contributed by atoms with E-state index in [1.165, 1.54) is 0 Å². The van der Waals surface area contributed by atoms with E-state index in [1.807, 2.05) is 0 Å². The minimum Gasteiger partial charge on any atom is -0.477 e. The molecule has 90 valence electrons. The molecule has 16 heavy (non-hydrogen) atoms. The number of carboxylic acids is 1. The fraction of sp³-hybridized carbons (Fsp3) is 0.600. The molecule has 0 aliphatic heterocycles. The zero-order chi connectivity index (χ0) is 12.1. The van der Waals surface area contributed by atoms with Crippen LogP contribution in [-0.2, 0) is 7.05 Å². The molecule has 0 aromatic carbocycles. The average Bonchev–Trinajstić information content (AvgIpc) is 2.48. The molecule has 1 rings (SSSR count). The highest BCUT2D eigenvalue weighted by molar-refractivity contribution is 7.98. The molecule has 0 unspecified atom stereocenters. The Kier molecular flexibility index (Phi) is 4.67. The summed E-state index contributed by atoms with van der Waals surface area (Å²) < 4.78 is 1.58. The molecule has 0 saturated carbocycles. The third-order valence-corrected chi connectivity index (χ3v) is 2.95. The summed E-state index contributed by atoms with van der Waals surface area (Å²) in [6.07, 6.45) is 3.06. The van der Waals surface area contributed by atoms with Crippen molar-refractivity contribution in [3.05, 3.63) is 11.3 Å². The first-order valence-electron chi connectivity index (χ1n) is 5.07. The number of carbonyl (C=O) groups is 1. The van der Waals surface area contributed by atoms with E-state index in [0.29, 0.717) is 11.5 Å². The number of aryl methyl sites for hydroxylation is 2. The van der Waals surface area contributed by atoms with Gasteiger partial charge in [0.25, 0.3) is 0 Å². The third-order valence-electron chi connectivity index (χ3n) is 2.25. The minimum absolute atomic E-state index is 0.270. The van der Waals surface area contributed by atoms with Crippen LogP contribution >= 0.6 is 11.8 Å². The van der Waals surface area contributed by atoms with Gasteiger partial charge in [0.15, 0.2) is 0 Å². The lowest BCUT2D eigenvalue weighted by Gasteiger charge is -2.07. The molecule has 1 aromatic heterocycles. The zero-order valence-electron chi connectivity index (χ0n) is 9.78. The molecule has 0 fully saturated rings. The number of anilines is 1. The van der Waals surface area contributed by atoms with Gasteiger partial charge in [0.05, 0.1) is 5.69 Å². The minimum atomic E-state index is -0.932. The summed E-state index contributed by atoms with van der Waals surface area (Å²) >= 11 is 1.78. The van der Waals surface area contributed by atoms with Crippen molar-refractivity contribution in [3.8, 4) is 0 Å². The van der Waals surface area contributed by atoms with E-state index in [1.54, 1.807) is 30.4 Å². The van der Waals surface area contributed by atoms with Crippen molar-refractivity contribution in [2.45, 2.75) is 13.3 Å². The fourth-order valence-electron chi connectivity index (χ4n) is 1.54. The van der Waals surface area contributed by atoms with Gasteiger partial charge in [-0.15, -0.1) is 0 Å². The van der Waals surface area contributed by atoms with Crippen molar-refractivity contribution in [3.63, 3.8) is 0 Å². The second kappa shape index (κ2) is 5.79. The molecule has 0 spiro atoms. The smallest absolute Gasteiger partial charge is 0.341 e. The van der Waals surface area contributed by atoms with Crippen molar-refractivity contribution >= 4 is 23.5 Å². The quantitative estimate of drug-likeness (QED) is 0.743. The number of thioether (sulfide) groups is 1. The van der Waals surface area contributed by atoms with E-state index in [2.05, 4.69) is 16.7 Å². The van der Waals surface area contributed by atoms with Crippen molar-refractivity contribution in [2.75, 3.05) is 23.9 Å². The van der Waals surface area contributed by atoms with Gasteiger partial charge < -0.3 is 10.4 Å². The van der Waals surface area contributed by atoms with E-state index in [4.69, 9.17) is 5.11 Å². The lowest BCUT2D eigenvalue weighted by atomic mass is 10.2. The molecular formula is C10H17N3O2S. The zero-order valence-corrected chi connectivity index (χ0v) is 10.6. The molecular weight excluding hydrogens is 226 g/mol. The monoisotopic (exact) mass is 243 g/mol. The molecule has 2 N–H and O–H groups in total. The Bertz CT molecular complexity index is 376. The normalized spacial score (nSPS) is 10.4. The van der Waals surface area contributed by atoms with Crippen LogP contribution in [-0.4, -0.2) is 39.4 Å². The Morgan fingerprint density at radius 2 is 2.31 bits per heavy atom. The van der Waals surface area contributed by atoms with Crippen molar-refractivity contribution in [1.82, 2.24) is 9.78 Å². The Morgan fingerprint density at radius 3 is 2.88 bits per heavy atom. The molecule has 1 aromatic rings. The molecule has 0 amide bonds. The maximum atomic E-state index is 11.0. The van der Waals surface area contributed by atoms with Gasteiger partial charge in [-0.3, -0.25) is 4.68 Å². The first kappa shape index (κ1) is 12.9. The molecule has 6 heteroatoms. The number of hydrogen-bond donors (Lipinski definition) is 2. The number of hydrogen-bond acceptors (Lipinski definition) is 4. The summed E-state index contributed by atoms with van der Waals surface area (Å²) in [7, 11) is 1.75. The van der Waals surface area contributed by atoms with Crippen LogP contribution in [0.3, 0.4) is 0 Å². The fourth-order valence-corrected chi connectivity index (χ4v) is 1.97. The standard InChI is InChI=1S/C10H17N3O2S/c1-7-8(10(14)15)9(13(2)12-7)11-5-4-6-16-3/h11H,4-6H2,1-3H3,(H,14,15). The van der Waals surface area contributed by atoms with E-state index >= 15 is 0 Å². The maximum Gasteiger partial charge on any atom is 0.341 e. The van der Waals surface area contributed by atoms with E-state index < -0.39 is 5.97 Å². The Balaban J connectivity index is 2.74. The number of nitrogens with one attached hydrogen (secondary N) is 1. The Morgan fingerprint density at radius 1 is 1.62 bits per heavy atom. The summed E-state index contributed by atoms with van der Waals surface area (Å²) in [5, 5.41) is 16.3. The number of rotatable bonds is 6. The van der Waals surface area contributed by atoms with Gasteiger partial charge in [0.2, 0.25) is 0 Å². The van der Waals surface area contributed by atoms with Crippen LogP contribution in [0.4, 0.5) is 5.82 Å². The predicted molar refractivity (Wildman–Crippen MR) is 66.4 cm³/mol. The van der Waals surface area contributed by atoms with E-state index in [0.717, 1.165) is 18.7 Å². The number of nitrogens with zero attached hydrogens (tertiary/aromatic N) is 2. The SMILES string of the molecule is CSCCCNc1c(C(=O)O)c(C)nn1C. The summed E-state index contributed by atoms with van der Waals surface area (Å²) in [5.74, 6) is 0.718. The lowest BCUT2D eigenvalue weighted by Crippen LogP contribution is -2.10. The van der Waals surface area contributed by atoms with Gasteiger partial charge in [-0.1, -0.05) is 0 Å². The first-order valence-corrected chi connectivity index (χ1v) is 6.47. The Labute approximate surface area is 99.2 Å². The van der Waals surface area contributed by atoms with Crippen LogP contribution in [0.15, 0.2) is 0 Å². The van der Waals surface area contributed by atoms with Crippen LogP contribution in [0.5, 0.6) is 0 Å². The molecule has 0 saturated heterocycles. The largest absolute Gasteiger partial charge is 0.477 e. The molecule has 0 aliphatic rings. The lowest BCUT2D eigenvalue weighted by molar-refractivity contribution is 0.0697. The number of aromatic nitrogens is 2. The molecule has 5 nitrogen and oxygen atoms in total. The highest BCUT2D eigenvalue weighted by Gasteiger charge is 2.18. The van der Waals surface area contributed by atoms with Gasteiger partial charge in [-0.25, -0.2) is 4.79 Å². The second-order valence-corrected chi connectivity index (χ2v) is 4.50. The van der Waals surface area contributed by atoms with Crippen molar-refractivity contribution in [2.24, 2.45) is 7.05 Å². The molecule has 0 aliphatic carbocycles. The number of aromatic carboxylic acids is 1. The number of carboxylic acid groups (broad SMARTS) is 1. The van der Waals surface area contributed by atoms with Gasteiger partial charge >= 0.3 is 5.97 Å². The van der Waals surface area contributed by atoms with Gasteiger partial charge in [-0.05, 0) is 25.4 Å². The van der Waals surface area contributed by atoms with E-state index in [9.17, 15) is 4.79 Å². The average molecular weight is 243 g/mol. The second-order valence-electron chi connectivity index (χ2n) is 3.51. The third kappa shape index (κ3) is 2.91. The maximum absolute atomic E-state index is 11.0. The van der Waals surface area contributed by atoms with Gasteiger partial charge in [-0.2, -0.15) is 16.9 Å². The summed E-state index contributed by atoms with van der Waals surface area (Å²) in [6, 6.07) is 0. The molecule has 0 radical (unpaired) electrons. The van der Waals surface area contributed by atoms with Crippen LogP contribution in [0, 0.1) is 6.92 Å². The van der Waals surface area contributed by atoms with E-state index in [-0.39, 0.29) is 5.56 Å². The molecule has 1 heterocycles.